The number of hydrogen-bond acceptors (Lipinski definition) is 11. The van der Waals surface area contributed by atoms with Crippen LogP contribution in [0, 0.1) is 24.7 Å². The van der Waals surface area contributed by atoms with E-state index in [1.807, 2.05) is 96.3 Å². The number of aryl methyl sites for hydroxylation is 1. The van der Waals surface area contributed by atoms with E-state index >= 15 is 0 Å². The molecule has 0 spiro atoms. The molecule has 2 fully saturated rings. The number of rotatable bonds is 12. The van der Waals surface area contributed by atoms with Crippen LogP contribution in [-0.2, 0) is 25.5 Å². The topological polar surface area (TPSA) is 167 Å². The monoisotopic (exact) mass is 820 g/mol. The van der Waals surface area contributed by atoms with Gasteiger partial charge in [-0.25, -0.2) is 19.6 Å². The smallest absolute Gasteiger partial charge is 0.410 e. The second-order valence-electron chi connectivity index (χ2n) is 18.1. The van der Waals surface area contributed by atoms with Gasteiger partial charge in [0.05, 0.1) is 0 Å². The third kappa shape index (κ3) is 12.4. The van der Waals surface area contributed by atoms with Crippen molar-refractivity contribution >= 4 is 41.2 Å². The van der Waals surface area contributed by atoms with Gasteiger partial charge in [0.25, 0.3) is 0 Å². The molecule has 1 atom stereocenters. The van der Waals surface area contributed by atoms with Crippen LogP contribution in [0.25, 0.3) is 11.1 Å². The maximum absolute atomic E-state index is 14.0. The number of anilines is 2. The number of carbonyl (C=O) groups is 4. The number of amides is 3. The molecule has 1 aliphatic carbocycles. The minimum atomic E-state index is -0.582. The number of ether oxygens (including phenoxy) is 2. The van der Waals surface area contributed by atoms with Crippen LogP contribution >= 0.6 is 0 Å². The molecule has 0 unspecified atom stereocenters. The summed E-state index contributed by atoms with van der Waals surface area (Å²) in [6, 6.07) is 17.6. The molecule has 1 aromatic heterocycles. The highest BCUT2D eigenvalue weighted by molar-refractivity contribution is 6.01. The number of nitrogens with zero attached hydrogens (tertiary/aromatic N) is 6. The average Bonchev–Trinajstić information content (AvgIpc) is 3.75. The summed E-state index contributed by atoms with van der Waals surface area (Å²) in [5.41, 5.74) is 4.39. The number of Topliss-reactive ketones (excluding diaryl/α,β-unsaturated/α-hetero) is 1. The number of pyridine rings is 1. The molecular weight excluding hydrogens is 761 g/mol. The minimum absolute atomic E-state index is 0.0957. The first-order valence-corrected chi connectivity index (χ1v) is 21.1. The van der Waals surface area contributed by atoms with Gasteiger partial charge in [-0.2, -0.15) is 5.11 Å². The van der Waals surface area contributed by atoms with Gasteiger partial charge in [0.15, 0.2) is 12.5 Å². The van der Waals surface area contributed by atoms with Crippen LogP contribution in [0.15, 0.2) is 76.0 Å². The molecule has 1 saturated carbocycles. The zero-order valence-corrected chi connectivity index (χ0v) is 36.1. The molecule has 2 aromatic carbocycles. The van der Waals surface area contributed by atoms with Crippen LogP contribution in [0.4, 0.5) is 21.1 Å². The number of amidine groups is 1. The zero-order valence-electron chi connectivity index (χ0n) is 36.1. The summed E-state index contributed by atoms with van der Waals surface area (Å²) in [4.78, 5) is 65.6. The van der Waals surface area contributed by atoms with Crippen molar-refractivity contribution in [2.75, 3.05) is 49.6 Å². The molecule has 14 nitrogen and oxygen atoms in total. The van der Waals surface area contributed by atoms with Gasteiger partial charge in [0, 0.05) is 74.0 Å². The van der Waals surface area contributed by atoms with E-state index < -0.39 is 23.2 Å². The van der Waals surface area contributed by atoms with E-state index in [0.717, 1.165) is 59.3 Å². The molecule has 60 heavy (non-hydrogen) atoms. The molecule has 3 heterocycles. The molecule has 2 N–H and O–H groups in total. The van der Waals surface area contributed by atoms with Crippen LogP contribution < -0.4 is 15.5 Å². The summed E-state index contributed by atoms with van der Waals surface area (Å²) in [6.45, 7) is 16.5. The molecule has 2 aliphatic heterocycles. The molecular formula is C46H60N8O6. The van der Waals surface area contributed by atoms with Gasteiger partial charge in [-0.3, -0.25) is 9.59 Å². The summed E-state index contributed by atoms with van der Waals surface area (Å²) in [7, 11) is 0. The Morgan fingerprint density at radius 1 is 0.833 bits per heavy atom. The number of benzene rings is 2. The highest BCUT2D eigenvalue weighted by atomic mass is 16.6. The molecule has 0 bridgehead atoms. The van der Waals surface area contributed by atoms with Gasteiger partial charge in [-0.05, 0) is 134 Å². The highest BCUT2D eigenvalue weighted by Crippen LogP contribution is 2.32. The SMILES string of the molecule is Cc1cc(N2CCN(C(=O)OC(C)(C)C)CC2)ncc1-c1ccc(C[C@H](CC(=O)C2CCC(CNC(=O)OC(C)(C)C)CC2)C(=O)Nc2ccc(C3=NCN=N3)cc2)cc1. The Morgan fingerprint density at radius 3 is 2.08 bits per heavy atom. The number of aromatic nitrogens is 1. The van der Waals surface area contributed by atoms with Gasteiger partial charge in [-0.15, -0.1) is 5.11 Å². The number of piperazine rings is 1. The van der Waals surface area contributed by atoms with E-state index in [9.17, 15) is 19.2 Å². The largest absolute Gasteiger partial charge is 0.444 e. The minimum Gasteiger partial charge on any atom is -0.444 e. The Hall–Kier alpha value is -5.66. The summed E-state index contributed by atoms with van der Waals surface area (Å²) >= 11 is 0. The van der Waals surface area contributed by atoms with Crippen molar-refractivity contribution in [2.24, 2.45) is 33.0 Å². The van der Waals surface area contributed by atoms with Crippen LogP contribution in [0.3, 0.4) is 0 Å². The highest BCUT2D eigenvalue weighted by Gasteiger charge is 2.31. The standard InChI is InChI=1S/C46H60N8O6/c1-30-24-40(53-20-22-54(23-21-53)44(58)60-46(5,6)7)47-28-38(30)33-12-8-31(9-13-33)25-36(42(56)51-37-18-16-35(17-19-37)41-49-29-50-52-41)26-39(55)34-14-10-32(11-15-34)27-48-43(57)59-45(2,3)4/h8-9,12-13,16-19,24,28,32,34,36H,10-11,14-15,20-23,25-27,29H2,1-7H3,(H,48,57)(H,51,56)/t32?,34?,36-/m1/s1. The lowest BCUT2D eigenvalue weighted by Gasteiger charge is -2.36. The molecule has 3 amide bonds. The van der Waals surface area contributed by atoms with Crippen molar-refractivity contribution in [3.63, 3.8) is 0 Å². The van der Waals surface area contributed by atoms with Crippen molar-refractivity contribution in [2.45, 2.75) is 98.2 Å². The molecule has 0 radical (unpaired) electrons. The van der Waals surface area contributed by atoms with E-state index in [1.165, 1.54) is 0 Å². The third-order valence-corrected chi connectivity index (χ3v) is 11.0. The van der Waals surface area contributed by atoms with Gasteiger partial charge < -0.3 is 29.9 Å². The number of carbonyl (C=O) groups excluding carboxylic acids is 4. The van der Waals surface area contributed by atoms with Crippen LogP contribution in [0.5, 0.6) is 0 Å². The lowest BCUT2D eigenvalue weighted by atomic mass is 9.77. The zero-order chi connectivity index (χ0) is 43.0. The lowest BCUT2D eigenvalue weighted by molar-refractivity contribution is -0.129. The Kier molecular flexibility index (Phi) is 14.0. The second-order valence-corrected chi connectivity index (χ2v) is 18.1. The number of hydrogen-bond donors (Lipinski definition) is 2. The fourth-order valence-corrected chi connectivity index (χ4v) is 7.79. The van der Waals surface area contributed by atoms with Crippen LogP contribution in [0.1, 0.15) is 90.3 Å². The molecule has 14 heteroatoms. The Morgan fingerprint density at radius 2 is 1.48 bits per heavy atom. The number of ketones is 1. The van der Waals surface area contributed by atoms with Crippen LogP contribution in [-0.4, -0.2) is 90.2 Å². The maximum Gasteiger partial charge on any atom is 0.410 e. The van der Waals surface area contributed by atoms with Gasteiger partial charge in [0.1, 0.15) is 22.8 Å². The van der Waals surface area contributed by atoms with Gasteiger partial charge in [-0.1, -0.05) is 24.3 Å². The Bertz CT molecular complexity index is 2050. The molecule has 3 aromatic rings. The van der Waals surface area contributed by atoms with E-state index in [4.69, 9.17) is 14.5 Å². The molecule has 320 valence electrons. The first kappa shape index (κ1) is 43.9. The van der Waals surface area contributed by atoms with Gasteiger partial charge in [0.2, 0.25) is 5.91 Å². The van der Waals surface area contributed by atoms with Crippen molar-refractivity contribution in [1.29, 1.82) is 0 Å². The first-order valence-electron chi connectivity index (χ1n) is 21.1. The van der Waals surface area contributed by atoms with E-state index in [-0.39, 0.29) is 36.0 Å². The molecule has 6 rings (SSSR count). The molecule has 3 aliphatic rings. The summed E-state index contributed by atoms with van der Waals surface area (Å²) in [5, 5.41) is 13.9. The summed E-state index contributed by atoms with van der Waals surface area (Å²) < 4.78 is 10.9. The summed E-state index contributed by atoms with van der Waals surface area (Å²) in [6.07, 6.45) is 4.79. The summed E-state index contributed by atoms with van der Waals surface area (Å²) in [5.74, 6) is 0.875. The number of aliphatic imine (C=N–C) groups is 1. The fraction of sp³-hybridized carbons (Fsp3) is 0.522. The van der Waals surface area contributed by atoms with E-state index in [2.05, 4.69) is 43.7 Å². The van der Waals surface area contributed by atoms with Crippen LogP contribution in [0.2, 0.25) is 0 Å². The lowest BCUT2D eigenvalue weighted by Crippen LogP contribution is -2.50. The fourth-order valence-electron chi connectivity index (χ4n) is 7.79. The van der Waals surface area contributed by atoms with Crippen molar-refractivity contribution in [3.8, 4) is 11.1 Å². The Balaban J connectivity index is 1.09. The van der Waals surface area contributed by atoms with Crippen molar-refractivity contribution < 1.29 is 28.7 Å². The Labute approximate surface area is 353 Å². The number of nitrogens with one attached hydrogen (secondary N) is 2. The number of alkyl carbamates (subject to hydrolysis) is 1. The van der Waals surface area contributed by atoms with Crippen molar-refractivity contribution in [1.82, 2.24) is 15.2 Å². The first-order chi connectivity index (χ1) is 28.5. The van der Waals surface area contributed by atoms with E-state index in [0.29, 0.717) is 57.3 Å². The third-order valence-electron chi connectivity index (χ3n) is 11.0. The predicted octanol–water partition coefficient (Wildman–Crippen LogP) is 8.37. The normalized spacial score (nSPS) is 18.7. The predicted molar refractivity (Wildman–Crippen MR) is 232 cm³/mol. The molecule has 1 saturated heterocycles. The maximum atomic E-state index is 14.0. The van der Waals surface area contributed by atoms with Crippen molar-refractivity contribution in [3.05, 3.63) is 77.5 Å². The quantitative estimate of drug-likeness (QED) is 0.184. The average molecular weight is 821 g/mol. The van der Waals surface area contributed by atoms with Gasteiger partial charge >= 0.3 is 12.2 Å². The number of azo groups is 1. The second kappa shape index (κ2) is 19.2. The van der Waals surface area contributed by atoms with E-state index in [1.54, 1.807) is 4.90 Å².